The molecule has 0 bridgehead atoms. The van der Waals surface area contributed by atoms with E-state index in [1.807, 2.05) is 31.2 Å². The van der Waals surface area contributed by atoms with Crippen LogP contribution in [0.25, 0.3) is 5.57 Å². The van der Waals surface area contributed by atoms with Crippen molar-refractivity contribution in [2.24, 2.45) is 0 Å². The van der Waals surface area contributed by atoms with E-state index < -0.39 is 11.8 Å². The summed E-state index contributed by atoms with van der Waals surface area (Å²) in [6.07, 6.45) is 0. The van der Waals surface area contributed by atoms with Gasteiger partial charge < -0.3 is 14.8 Å². The molecule has 0 aromatic heterocycles. The standard InChI is InChI=1S/C25H21ClN2O4/c1-15-8-10-16(11-9-15)22-23(27-18-14-17(26)12-13-20(18)31-2)25(30)28(24(22)29)19-6-4-5-7-21(19)32-3/h4-14,27H,1-3H3. The number of amides is 2. The molecule has 1 N–H and O–H groups in total. The molecule has 0 saturated carbocycles. The third-order valence-corrected chi connectivity index (χ3v) is 5.41. The van der Waals surface area contributed by atoms with Crippen molar-refractivity contribution < 1.29 is 19.1 Å². The van der Waals surface area contributed by atoms with Crippen molar-refractivity contribution >= 4 is 40.4 Å². The van der Waals surface area contributed by atoms with Crippen molar-refractivity contribution in [3.63, 3.8) is 0 Å². The second-order valence-corrected chi connectivity index (χ2v) is 7.64. The Labute approximate surface area is 191 Å². The molecule has 3 aromatic carbocycles. The number of rotatable bonds is 6. The van der Waals surface area contributed by atoms with E-state index in [-0.39, 0.29) is 11.3 Å². The maximum absolute atomic E-state index is 13.6. The van der Waals surface area contributed by atoms with Crippen molar-refractivity contribution in [1.82, 2.24) is 0 Å². The Morgan fingerprint density at radius 3 is 2.22 bits per heavy atom. The van der Waals surface area contributed by atoms with E-state index in [4.69, 9.17) is 21.1 Å². The molecule has 0 radical (unpaired) electrons. The average Bonchev–Trinajstić information content (AvgIpc) is 3.04. The highest BCUT2D eigenvalue weighted by atomic mass is 35.5. The van der Waals surface area contributed by atoms with Crippen molar-refractivity contribution in [1.29, 1.82) is 0 Å². The molecule has 0 fully saturated rings. The maximum atomic E-state index is 13.6. The van der Waals surface area contributed by atoms with Gasteiger partial charge in [-0.25, -0.2) is 4.90 Å². The van der Waals surface area contributed by atoms with Crippen LogP contribution in [-0.2, 0) is 9.59 Å². The fourth-order valence-corrected chi connectivity index (χ4v) is 3.75. The molecule has 1 aliphatic rings. The summed E-state index contributed by atoms with van der Waals surface area (Å²) >= 11 is 6.17. The van der Waals surface area contributed by atoms with Crippen LogP contribution in [0.1, 0.15) is 11.1 Å². The first kappa shape index (κ1) is 21.5. The molecule has 0 atom stereocenters. The molecular weight excluding hydrogens is 428 g/mol. The van der Waals surface area contributed by atoms with Gasteiger partial charge in [-0.05, 0) is 42.8 Å². The van der Waals surface area contributed by atoms with Crippen LogP contribution in [0.3, 0.4) is 0 Å². The number of halogens is 1. The molecule has 1 aliphatic heterocycles. The normalized spacial score (nSPS) is 13.6. The first-order valence-corrected chi connectivity index (χ1v) is 10.3. The summed E-state index contributed by atoms with van der Waals surface area (Å²) in [6.45, 7) is 1.96. The van der Waals surface area contributed by atoms with Crippen molar-refractivity contribution in [2.45, 2.75) is 6.92 Å². The van der Waals surface area contributed by atoms with Gasteiger partial charge in [-0.2, -0.15) is 0 Å². The molecule has 0 unspecified atom stereocenters. The highest BCUT2D eigenvalue weighted by molar-refractivity contribution is 6.46. The minimum atomic E-state index is -0.503. The van der Waals surface area contributed by atoms with Crippen LogP contribution in [0.4, 0.5) is 11.4 Å². The molecular formula is C25H21ClN2O4. The molecule has 32 heavy (non-hydrogen) atoms. The lowest BCUT2D eigenvalue weighted by atomic mass is 10.0. The van der Waals surface area contributed by atoms with Crippen LogP contribution in [0.15, 0.2) is 72.4 Å². The largest absolute Gasteiger partial charge is 0.495 e. The Hall–Kier alpha value is -3.77. The number of hydrogen-bond acceptors (Lipinski definition) is 5. The van der Waals surface area contributed by atoms with Crippen molar-refractivity contribution in [3.8, 4) is 11.5 Å². The summed E-state index contributed by atoms with van der Waals surface area (Å²) in [5.41, 5.74) is 2.88. The number of carbonyl (C=O) groups is 2. The maximum Gasteiger partial charge on any atom is 0.282 e. The Morgan fingerprint density at radius 2 is 1.53 bits per heavy atom. The quantitative estimate of drug-likeness (QED) is 0.534. The second kappa shape index (κ2) is 8.77. The third kappa shape index (κ3) is 3.81. The Kier molecular flexibility index (Phi) is 5.88. The van der Waals surface area contributed by atoms with Crippen LogP contribution in [0.2, 0.25) is 5.02 Å². The van der Waals surface area contributed by atoms with E-state index in [0.29, 0.717) is 33.5 Å². The van der Waals surface area contributed by atoms with Gasteiger partial charge in [0.2, 0.25) is 0 Å². The number of imide groups is 1. The van der Waals surface area contributed by atoms with E-state index in [1.54, 1.807) is 42.5 Å². The molecule has 162 valence electrons. The number of para-hydroxylation sites is 2. The fourth-order valence-electron chi connectivity index (χ4n) is 3.58. The van der Waals surface area contributed by atoms with E-state index in [2.05, 4.69) is 5.32 Å². The van der Waals surface area contributed by atoms with Gasteiger partial charge in [0.05, 0.1) is 31.2 Å². The first-order chi connectivity index (χ1) is 15.4. The molecule has 0 spiro atoms. The van der Waals surface area contributed by atoms with Gasteiger partial charge in [0, 0.05) is 5.02 Å². The lowest BCUT2D eigenvalue weighted by Crippen LogP contribution is -2.32. The van der Waals surface area contributed by atoms with Crippen LogP contribution in [0.5, 0.6) is 11.5 Å². The highest BCUT2D eigenvalue weighted by Gasteiger charge is 2.41. The summed E-state index contributed by atoms with van der Waals surface area (Å²) in [7, 11) is 3.01. The van der Waals surface area contributed by atoms with E-state index in [1.165, 1.54) is 14.2 Å². The van der Waals surface area contributed by atoms with Crippen molar-refractivity contribution in [2.75, 3.05) is 24.4 Å². The third-order valence-electron chi connectivity index (χ3n) is 5.17. The smallest absolute Gasteiger partial charge is 0.282 e. The molecule has 1 heterocycles. The summed E-state index contributed by atoms with van der Waals surface area (Å²) in [5, 5.41) is 3.56. The number of hydrogen-bond donors (Lipinski definition) is 1. The number of nitrogens with one attached hydrogen (secondary N) is 1. The van der Waals surface area contributed by atoms with E-state index >= 15 is 0 Å². The highest BCUT2D eigenvalue weighted by Crippen LogP contribution is 2.39. The number of carbonyl (C=O) groups excluding carboxylic acids is 2. The van der Waals surface area contributed by atoms with E-state index in [0.717, 1.165) is 10.5 Å². The number of benzene rings is 3. The topological polar surface area (TPSA) is 67.9 Å². The fraction of sp³-hybridized carbons (Fsp3) is 0.120. The molecule has 0 aliphatic carbocycles. The molecule has 3 aromatic rings. The Balaban J connectivity index is 1.87. The molecule has 6 nitrogen and oxygen atoms in total. The van der Waals surface area contributed by atoms with Crippen LogP contribution < -0.4 is 19.7 Å². The minimum absolute atomic E-state index is 0.130. The zero-order valence-electron chi connectivity index (χ0n) is 17.8. The zero-order valence-corrected chi connectivity index (χ0v) is 18.6. The summed E-state index contributed by atoms with van der Waals surface area (Å²) in [6, 6.07) is 19.3. The molecule has 0 saturated heterocycles. The van der Waals surface area contributed by atoms with Gasteiger partial charge in [0.25, 0.3) is 11.8 Å². The summed E-state index contributed by atoms with van der Waals surface area (Å²) in [5.74, 6) is -0.0517. The zero-order chi connectivity index (χ0) is 22.8. The Morgan fingerprint density at radius 1 is 0.844 bits per heavy atom. The number of anilines is 2. The minimum Gasteiger partial charge on any atom is -0.495 e. The van der Waals surface area contributed by atoms with Gasteiger partial charge in [-0.1, -0.05) is 53.6 Å². The SMILES string of the molecule is COc1ccc(Cl)cc1NC1=C(c2ccc(C)cc2)C(=O)N(c2ccccc2OC)C1=O. The number of ether oxygens (including phenoxy) is 2. The van der Waals surface area contributed by atoms with Crippen LogP contribution >= 0.6 is 11.6 Å². The lowest BCUT2D eigenvalue weighted by molar-refractivity contribution is -0.120. The van der Waals surface area contributed by atoms with Gasteiger partial charge in [-0.15, -0.1) is 0 Å². The number of aryl methyl sites for hydroxylation is 1. The first-order valence-electron chi connectivity index (χ1n) is 9.88. The predicted molar refractivity (Wildman–Crippen MR) is 125 cm³/mol. The molecule has 4 rings (SSSR count). The lowest BCUT2D eigenvalue weighted by Gasteiger charge is -2.18. The number of methoxy groups -OCH3 is 2. The van der Waals surface area contributed by atoms with E-state index in [9.17, 15) is 9.59 Å². The average molecular weight is 449 g/mol. The van der Waals surface area contributed by atoms with Gasteiger partial charge in [0.15, 0.2) is 0 Å². The summed E-state index contributed by atoms with van der Waals surface area (Å²) < 4.78 is 10.8. The van der Waals surface area contributed by atoms with Crippen LogP contribution in [0, 0.1) is 6.92 Å². The van der Waals surface area contributed by atoms with Gasteiger partial charge in [0.1, 0.15) is 17.2 Å². The predicted octanol–water partition coefficient (Wildman–Crippen LogP) is 5.06. The molecule has 2 amide bonds. The monoisotopic (exact) mass is 448 g/mol. The van der Waals surface area contributed by atoms with Gasteiger partial charge in [-0.3, -0.25) is 9.59 Å². The van der Waals surface area contributed by atoms with Crippen LogP contribution in [-0.4, -0.2) is 26.0 Å². The Bertz CT molecular complexity index is 1230. The van der Waals surface area contributed by atoms with Crippen molar-refractivity contribution in [3.05, 3.63) is 88.6 Å². The van der Waals surface area contributed by atoms with Gasteiger partial charge >= 0.3 is 0 Å². The molecule has 7 heteroatoms. The second-order valence-electron chi connectivity index (χ2n) is 7.20. The number of nitrogens with zero attached hydrogens (tertiary/aromatic N) is 1. The summed E-state index contributed by atoms with van der Waals surface area (Å²) in [4.78, 5) is 28.3.